The van der Waals surface area contributed by atoms with E-state index in [2.05, 4.69) is 24.5 Å². The fraction of sp³-hybridized carbons (Fsp3) is 0.278. The molecule has 23 heavy (non-hydrogen) atoms. The molecule has 2 aromatic carbocycles. The van der Waals surface area contributed by atoms with Crippen LogP contribution >= 0.6 is 11.6 Å². The first kappa shape index (κ1) is 17.2. The molecule has 0 aliphatic heterocycles. The number of benzene rings is 2. The van der Waals surface area contributed by atoms with Crippen LogP contribution in [0.15, 0.2) is 42.5 Å². The molecule has 2 amide bonds. The molecule has 0 heterocycles. The molecule has 0 atom stereocenters. The van der Waals surface area contributed by atoms with Crippen molar-refractivity contribution >= 4 is 23.3 Å². The quantitative estimate of drug-likeness (QED) is 0.763. The zero-order chi connectivity index (χ0) is 16.8. The maximum atomic E-state index is 12.1. The van der Waals surface area contributed by atoms with Crippen molar-refractivity contribution in [2.24, 2.45) is 0 Å². The van der Waals surface area contributed by atoms with E-state index in [0.29, 0.717) is 16.7 Å². The Morgan fingerprint density at radius 3 is 2.52 bits per heavy atom. The van der Waals surface area contributed by atoms with Gasteiger partial charge in [-0.15, -0.1) is 0 Å². The summed E-state index contributed by atoms with van der Waals surface area (Å²) in [7, 11) is 0. The summed E-state index contributed by atoms with van der Waals surface area (Å²) < 4.78 is 5.45. The number of amides is 2. The molecule has 0 bridgehead atoms. The molecule has 0 aliphatic carbocycles. The van der Waals surface area contributed by atoms with Crippen molar-refractivity contribution in [1.29, 1.82) is 0 Å². The van der Waals surface area contributed by atoms with Crippen LogP contribution in [-0.4, -0.2) is 12.8 Å². The number of hydrogen-bond donors (Lipinski definition) is 2. The maximum absolute atomic E-state index is 12.1. The molecule has 2 rings (SSSR count). The normalized spacial score (nSPS) is 10.5. The van der Waals surface area contributed by atoms with Gasteiger partial charge in [0.25, 0.3) is 0 Å². The highest BCUT2D eigenvalue weighted by molar-refractivity contribution is 6.30. The van der Waals surface area contributed by atoms with Crippen LogP contribution in [0.5, 0.6) is 5.75 Å². The Hall–Kier alpha value is -2.20. The fourth-order valence-electron chi connectivity index (χ4n) is 2.22. The van der Waals surface area contributed by atoms with Gasteiger partial charge in [0.2, 0.25) is 0 Å². The predicted octanol–water partition coefficient (Wildman–Crippen LogP) is 4.93. The Morgan fingerprint density at radius 2 is 1.87 bits per heavy atom. The smallest absolute Gasteiger partial charge is 0.321 e. The average Bonchev–Trinajstić information content (AvgIpc) is 2.51. The molecule has 5 heteroatoms. The SMILES string of the molecule is Cc1cccc(C(C)C)c1NC(=O)NCOc1ccc(Cl)cc1. The second-order valence-corrected chi connectivity index (χ2v) is 6.00. The van der Waals surface area contributed by atoms with E-state index in [1.54, 1.807) is 24.3 Å². The van der Waals surface area contributed by atoms with Crippen molar-refractivity contribution in [2.75, 3.05) is 12.0 Å². The number of aryl methyl sites for hydroxylation is 1. The van der Waals surface area contributed by atoms with E-state index in [0.717, 1.165) is 16.8 Å². The lowest BCUT2D eigenvalue weighted by molar-refractivity contribution is 0.234. The molecule has 4 nitrogen and oxygen atoms in total. The Morgan fingerprint density at radius 1 is 1.17 bits per heavy atom. The summed E-state index contributed by atoms with van der Waals surface area (Å²) >= 11 is 5.81. The van der Waals surface area contributed by atoms with Crippen LogP contribution in [0.25, 0.3) is 0 Å². The number of rotatable bonds is 5. The molecule has 2 N–H and O–H groups in total. The summed E-state index contributed by atoms with van der Waals surface area (Å²) in [6.45, 7) is 6.26. The van der Waals surface area contributed by atoms with Crippen molar-refractivity contribution in [3.8, 4) is 5.75 Å². The van der Waals surface area contributed by atoms with Gasteiger partial charge in [0.05, 0.1) is 0 Å². The summed E-state index contributed by atoms with van der Waals surface area (Å²) in [6, 6.07) is 12.7. The minimum Gasteiger partial charge on any atom is -0.473 e. The Bertz CT molecular complexity index is 669. The van der Waals surface area contributed by atoms with Crippen LogP contribution in [0.4, 0.5) is 10.5 Å². The van der Waals surface area contributed by atoms with Gasteiger partial charge in [-0.3, -0.25) is 0 Å². The van der Waals surface area contributed by atoms with Gasteiger partial charge in [0.15, 0.2) is 6.73 Å². The van der Waals surface area contributed by atoms with E-state index in [4.69, 9.17) is 16.3 Å². The molecule has 0 radical (unpaired) electrons. The summed E-state index contributed by atoms with van der Waals surface area (Å²) in [5, 5.41) is 6.23. The number of hydrogen-bond acceptors (Lipinski definition) is 2. The lowest BCUT2D eigenvalue weighted by Crippen LogP contribution is -2.32. The molecule has 2 aromatic rings. The highest BCUT2D eigenvalue weighted by Gasteiger charge is 2.11. The van der Waals surface area contributed by atoms with Crippen LogP contribution in [-0.2, 0) is 0 Å². The topological polar surface area (TPSA) is 50.4 Å². The highest BCUT2D eigenvalue weighted by atomic mass is 35.5. The molecular weight excluding hydrogens is 312 g/mol. The molecule has 0 fully saturated rings. The van der Waals surface area contributed by atoms with E-state index < -0.39 is 0 Å². The summed E-state index contributed by atoms with van der Waals surface area (Å²) in [5.74, 6) is 0.976. The fourth-order valence-corrected chi connectivity index (χ4v) is 2.34. The van der Waals surface area contributed by atoms with Crippen molar-refractivity contribution in [2.45, 2.75) is 26.7 Å². The number of para-hydroxylation sites is 1. The molecule has 0 saturated heterocycles. The number of ether oxygens (including phenoxy) is 1. The van der Waals surface area contributed by atoms with E-state index >= 15 is 0 Å². The number of urea groups is 1. The highest BCUT2D eigenvalue weighted by Crippen LogP contribution is 2.27. The lowest BCUT2D eigenvalue weighted by Gasteiger charge is -2.17. The number of halogens is 1. The third-order valence-corrected chi connectivity index (χ3v) is 3.70. The molecule has 122 valence electrons. The van der Waals surface area contributed by atoms with Crippen molar-refractivity contribution in [3.05, 3.63) is 58.6 Å². The van der Waals surface area contributed by atoms with Crippen molar-refractivity contribution < 1.29 is 9.53 Å². The van der Waals surface area contributed by atoms with Crippen LogP contribution in [0.2, 0.25) is 5.02 Å². The van der Waals surface area contributed by atoms with E-state index in [-0.39, 0.29) is 12.8 Å². The van der Waals surface area contributed by atoms with Gasteiger partial charge < -0.3 is 15.4 Å². The Balaban J connectivity index is 1.91. The Labute approximate surface area is 141 Å². The van der Waals surface area contributed by atoms with Crippen LogP contribution in [0.1, 0.15) is 30.9 Å². The third-order valence-electron chi connectivity index (χ3n) is 3.45. The predicted molar refractivity (Wildman–Crippen MR) is 94.4 cm³/mol. The van der Waals surface area contributed by atoms with E-state index in [1.807, 2.05) is 25.1 Å². The summed E-state index contributed by atoms with van der Waals surface area (Å²) in [5.41, 5.74) is 3.00. The van der Waals surface area contributed by atoms with Crippen LogP contribution in [0.3, 0.4) is 0 Å². The monoisotopic (exact) mass is 332 g/mol. The largest absolute Gasteiger partial charge is 0.473 e. The van der Waals surface area contributed by atoms with Crippen LogP contribution in [0, 0.1) is 6.92 Å². The number of carbonyl (C=O) groups is 1. The number of carbonyl (C=O) groups excluding carboxylic acids is 1. The van der Waals surface area contributed by atoms with Crippen molar-refractivity contribution in [1.82, 2.24) is 5.32 Å². The molecular formula is C18H21ClN2O2. The maximum Gasteiger partial charge on any atom is 0.321 e. The van der Waals surface area contributed by atoms with E-state index in [9.17, 15) is 4.79 Å². The van der Waals surface area contributed by atoms with Gasteiger partial charge in [-0.25, -0.2) is 4.79 Å². The third kappa shape index (κ3) is 4.89. The first-order chi connectivity index (χ1) is 11.0. The molecule has 0 aromatic heterocycles. The number of nitrogens with one attached hydrogen (secondary N) is 2. The standard InChI is InChI=1S/C18H21ClN2O2/c1-12(2)16-6-4-5-13(3)17(16)21-18(22)20-11-23-15-9-7-14(19)8-10-15/h4-10,12H,11H2,1-3H3,(H2,20,21,22). The zero-order valence-electron chi connectivity index (χ0n) is 13.5. The molecule has 0 aliphatic rings. The van der Waals surface area contributed by atoms with Gasteiger partial charge in [-0.1, -0.05) is 43.6 Å². The summed E-state index contributed by atoms with van der Waals surface area (Å²) in [6.07, 6.45) is 0. The lowest BCUT2D eigenvalue weighted by atomic mass is 9.98. The van der Waals surface area contributed by atoms with Gasteiger partial charge in [-0.05, 0) is 48.2 Å². The van der Waals surface area contributed by atoms with E-state index in [1.165, 1.54) is 0 Å². The molecule has 0 unspecified atom stereocenters. The minimum atomic E-state index is -0.296. The zero-order valence-corrected chi connectivity index (χ0v) is 14.3. The van der Waals surface area contributed by atoms with Gasteiger partial charge in [-0.2, -0.15) is 0 Å². The van der Waals surface area contributed by atoms with Crippen molar-refractivity contribution in [3.63, 3.8) is 0 Å². The second-order valence-electron chi connectivity index (χ2n) is 5.57. The molecule has 0 saturated carbocycles. The second kappa shape index (κ2) is 7.88. The first-order valence-corrected chi connectivity index (χ1v) is 7.88. The first-order valence-electron chi connectivity index (χ1n) is 7.50. The number of anilines is 1. The summed E-state index contributed by atoms with van der Waals surface area (Å²) in [4.78, 5) is 12.1. The van der Waals surface area contributed by atoms with Gasteiger partial charge in [0.1, 0.15) is 5.75 Å². The minimum absolute atomic E-state index is 0.0797. The molecule has 0 spiro atoms. The van der Waals surface area contributed by atoms with Crippen LogP contribution < -0.4 is 15.4 Å². The van der Waals surface area contributed by atoms with Gasteiger partial charge >= 0.3 is 6.03 Å². The Kier molecular flexibility index (Phi) is 5.88. The van der Waals surface area contributed by atoms with Gasteiger partial charge in [0, 0.05) is 10.7 Å². The average molecular weight is 333 g/mol.